The number of hydrogen-bond acceptors (Lipinski definition) is 4. The Morgan fingerprint density at radius 2 is 1.08 bits per heavy atom. The van der Waals surface area contributed by atoms with E-state index in [0.717, 1.165) is 13.1 Å². The first-order valence-corrected chi connectivity index (χ1v) is 16.1. The van der Waals surface area contributed by atoms with Crippen molar-refractivity contribution in [1.29, 1.82) is 0 Å². The summed E-state index contributed by atoms with van der Waals surface area (Å²) in [6.07, 6.45) is 1.21. The zero-order valence-corrected chi connectivity index (χ0v) is 21.2. The van der Waals surface area contributed by atoms with Crippen LogP contribution in [-0.2, 0) is 0 Å². The van der Waals surface area contributed by atoms with E-state index < -0.39 is 16.5 Å². The molecule has 0 heterocycles. The van der Waals surface area contributed by atoms with Crippen molar-refractivity contribution in [2.24, 2.45) is 0 Å². The van der Waals surface area contributed by atoms with E-state index in [4.69, 9.17) is 0 Å². The van der Waals surface area contributed by atoms with Crippen molar-refractivity contribution in [3.63, 3.8) is 0 Å². The van der Waals surface area contributed by atoms with Gasteiger partial charge in [0.15, 0.2) is 0 Å². The van der Waals surface area contributed by atoms with Crippen molar-refractivity contribution < 1.29 is 18.9 Å². The van der Waals surface area contributed by atoms with Crippen LogP contribution in [-0.4, -0.2) is 67.6 Å². The first kappa shape index (κ1) is 28.2. The first-order valence-electron chi connectivity index (χ1n) is 9.08. The molecule has 0 saturated heterocycles. The van der Waals surface area contributed by atoms with Gasteiger partial charge in [-0.15, -0.1) is 12.1 Å². The van der Waals surface area contributed by atoms with Crippen LogP contribution in [0.15, 0.2) is 30.3 Å². The minimum absolute atomic E-state index is 0. The summed E-state index contributed by atoms with van der Waals surface area (Å²) in [6, 6.07) is 10.6. The van der Waals surface area contributed by atoms with E-state index in [1.807, 2.05) is 0 Å². The number of likely N-dealkylation sites (N-methyl/N-ethyl adjacent to an activating group) is 2. The summed E-state index contributed by atoms with van der Waals surface area (Å²) in [6.45, 7) is 16.2. The monoisotopic (exact) mass is 388 g/mol. The van der Waals surface area contributed by atoms with Crippen LogP contribution in [0.3, 0.4) is 0 Å². The fourth-order valence-corrected chi connectivity index (χ4v) is 3.97. The van der Waals surface area contributed by atoms with E-state index >= 15 is 0 Å². The predicted octanol–water partition coefficient (Wildman–Crippen LogP) is 0.487. The van der Waals surface area contributed by atoms with Crippen LogP contribution < -0.4 is 28.8 Å². The van der Waals surface area contributed by atoms with E-state index in [9.17, 15) is 0 Å². The van der Waals surface area contributed by atoms with E-state index in [1.54, 1.807) is 0 Å². The van der Waals surface area contributed by atoms with Crippen LogP contribution in [0, 0.1) is 6.17 Å². The number of hydrogen-bond donors (Lipinski definition) is 2. The Hall–Kier alpha value is -0.0388. The summed E-state index contributed by atoms with van der Waals surface area (Å²) < 4.78 is 0. The van der Waals surface area contributed by atoms with Crippen molar-refractivity contribution in [2.75, 3.05) is 41.3 Å². The Balaban J connectivity index is 0. The molecule has 26 heavy (non-hydrogen) atoms. The maximum Gasteiger partial charge on any atom is 1.00 e. The molecule has 0 aromatic heterocycles. The smallest absolute Gasteiger partial charge is 0.355 e. The van der Waals surface area contributed by atoms with Crippen LogP contribution in [0.1, 0.15) is 5.56 Å². The standard InChI is InChI=1S/C13H25N2Si2.C6H16N2.Li/c1-16(2,3)14-13(15-17(4,5)6)12-10-8-7-9-11-12;1-7(2)5-6-8(3)4;/h7-11,14-15H,1-6H3;5-6H2,1-4H3;/q-1;;+1. The quantitative estimate of drug-likeness (QED) is 0.501. The average molecular weight is 389 g/mol. The van der Waals surface area contributed by atoms with Crippen molar-refractivity contribution in [1.82, 2.24) is 19.8 Å². The molecule has 0 amide bonds. The molecule has 1 rings (SSSR count). The summed E-state index contributed by atoms with van der Waals surface area (Å²) in [5.74, 6) is 0. The first-order chi connectivity index (χ1) is 11.3. The van der Waals surface area contributed by atoms with Gasteiger partial charge in [0, 0.05) is 13.1 Å². The molecule has 4 nitrogen and oxygen atoms in total. The molecule has 7 heteroatoms. The largest absolute Gasteiger partial charge is 1.00 e. The van der Waals surface area contributed by atoms with E-state index in [0.29, 0.717) is 0 Å². The fourth-order valence-electron chi connectivity index (χ4n) is 1.93. The van der Waals surface area contributed by atoms with Gasteiger partial charge in [-0.25, -0.2) is 0 Å². The van der Waals surface area contributed by atoms with Gasteiger partial charge in [-0.3, -0.25) is 0 Å². The molecule has 0 bridgehead atoms. The van der Waals surface area contributed by atoms with Crippen molar-refractivity contribution >= 4 is 16.5 Å². The Bertz CT molecular complexity index is 433. The molecular weight excluding hydrogens is 347 g/mol. The number of rotatable bonds is 8. The van der Waals surface area contributed by atoms with Gasteiger partial charge in [-0.05, 0) is 28.2 Å². The molecule has 0 atom stereocenters. The number of nitrogens with zero attached hydrogens (tertiary/aromatic N) is 2. The third-order valence-electron chi connectivity index (χ3n) is 3.06. The van der Waals surface area contributed by atoms with Gasteiger partial charge in [-0.1, -0.05) is 51.5 Å². The Labute approximate surface area is 177 Å². The van der Waals surface area contributed by atoms with Crippen LogP contribution in [0.4, 0.5) is 0 Å². The zero-order chi connectivity index (χ0) is 19.7. The van der Waals surface area contributed by atoms with Gasteiger partial charge in [0.1, 0.15) is 16.5 Å². The second-order valence-electron chi connectivity index (χ2n) is 9.10. The molecular formula is C19H41LiN4Si2. The van der Waals surface area contributed by atoms with Gasteiger partial charge in [-0.2, -0.15) is 17.7 Å². The summed E-state index contributed by atoms with van der Waals surface area (Å²) >= 11 is 0. The topological polar surface area (TPSA) is 30.5 Å². The van der Waals surface area contributed by atoms with E-state index in [-0.39, 0.29) is 18.9 Å². The molecule has 0 radical (unpaired) electrons. The molecule has 0 unspecified atom stereocenters. The maximum atomic E-state index is 3.71. The van der Waals surface area contributed by atoms with Gasteiger partial charge in [0.05, 0.1) is 0 Å². The molecule has 0 fully saturated rings. The van der Waals surface area contributed by atoms with Crippen molar-refractivity contribution in [2.45, 2.75) is 39.3 Å². The van der Waals surface area contributed by atoms with E-state index in [2.05, 4.69) is 118 Å². The van der Waals surface area contributed by atoms with Crippen LogP contribution in [0.25, 0.3) is 0 Å². The normalized spacial score (nSPS) is 11.7. The molecule has 0 spiro atoms. The summed E-state index contributed by atoms with van der Waals surface area (Å²) in [5, 5.41) is 0. The molecule has 0 aliphatic rings. The third-order valence-corrected chi connectivity index (χ3v) is 5.06. The minimum atomic E-state index is -1.33. The van der Waals surface area contributed by atoms with E-state index in [1.165, 1.54) is 11.7 Å². The molecule has 1 aromatic rings. The Kier molecular flexibility index (Phi) is 14.3. The van der Waals surface area contributed by atoms with Gasteiger partial charge in [0.25, 0.3) is 0 Å². The van der Waals surface area contributed by atoms with Crippen LogP contribution in [0.5, 0.6) is 0 Å². The zero-order valence-electron chi connectivity index (χ0n) is 19.2. The number of nitrogens with one attached hydrogen (secondary N) is 2. The molecule has 1 aromatic carbocycles. The van der Waals surface area contributed by atoms with Gasteiger partial charge in [0.2, 0.25) is 0 Å². The van der Waals surface area contributed by atoms with Crippen LogP contribution >= 0.6 is 0 Å². The SMILES string of the molecule is CN(C)CCN(C)C.C[Si](C)(C)N[C-](N[Si](C)(C)C)c1ccccc1.[Li+]. The summed E-state index contributed by atoms with van der Waals surface area (Å²) in [5.41, 5.74) is 1.26. The average Bonchev–Trinajstić information content (AvgIpc) is 2.43. The van der Waals surface area contributed by atoms with Crippen LogP contribution in [0.2, 0.25) is 39.3 Å². The van der Waals surface area contributed by atoms with Crippen molar-refractivity contribution in [3.05, 3.63) is 42.1 Å². The molecule has 0 aliphatic carbocycles. The second-order valence-corrected chi connectivity index (χ2v) is 18.6. The second kappa shape index (κ2) is 13.2. The molecule has 146 valence electrons. The third kappa shape index (κ3) is 17.4. The Morgan fingerprint density at radius 1 is 0.731 bits per heavy atom. The summed E-state index contributed by atoms with van der Waals surface area (Å²) in [7, 11) is 5.69. The molecule has 0 saturated carbocycles. The summed E-state index contributed by atoms with van der Waals surface area (Å²) in [4.78, 5) is 11.8. The van der Waals surface area contributed by atoms with Gasteiger partial charge >= 0.3 is 18.9 Å². The number of benzene rings is 1. The minimum Gasteiger partial charge on any atom is -0.355 e. The van der Waals surface area contributed by atoms with Crippen molar-refractivity contribution in [3.8, 4) is 0 Å². The van der Waals surface area contributed by atoms with Gasteiger partial charge < -0.3 is 19.8 Å². The Morgan fingerprint density at radius 3 is 1.35 bits per heavy atom. The maximum absolute atomic E-state index is 3.71. The fraction of sp³-hybridized carbons (Fsp3) is 0.632. The predicted molar refractivity (Wildman–Crippen MR) is 119 cm³/mol. The molecule has 2 N–H and O–H groups in total. The molecule has 0 aliphatic heterocycles.